The maximum atomic E-state index is 11.6. The van der Waals surface area contributed by atoms with Crippen LogP contribution in [0.15, 0.2) is 30.5 Å². The largest absolute Gasteiger partial charge is 0.465 e. The molecule has 0 bridgehead atoms. The normalized spacial score (nSPS) is 10.2. The molecule has 0 aliphatic heterocycles. The van der Waals surface area contributed by atoms with Gasteiger partial charge in [-0.2, -0.15) is 0 Å². The summed E-state index contributed by atoms with van der Waals surface area (Å²) >= 11 is 8.06. The molecule has 0 atom stereocenters. The minimum Gasteiger partial charge on any atom is -0.465 e. The van der Waals surface area contributed by atoms with Crippen LogP contribution in [0, 0.1) is 3.57 Å². The number of pyridine rings is 1. The molecular formula is C13H11ClIN3O2. The molecule has 0 aliphatic carbocycles. The molecule has 2 aromatic rings. The van der Waals surface area contributed by atoms with Crippen LogP contribution < -0.4 is 11.1 Å². The summed E-state index contributed by atoms with van der Waals surface area (Å²) in [5.74, 6) is -0.00130. The van der Waals surface area contributed by atoms with E-state index in [0.29, 0.717) is 10.8 Å². The number of nitrogens with one attached hydrogen (secondary N) is 1. The first-order chi connectivity index (χ1) is 9.51. The number of aromatic nitrogens is 1. The maximum absolute atomic E-state index is 11.6. The highest BCUT2D eigenvalue weighted by Crippen LogP contribution is 2.26. The second kappa shape index (κ2) is 6.27. The van der Waals surface area contributed by atoms with Crippen molar-refractivity contribution in [2.75, 3.05) is 18.2 Å². The van der Waals surface area contributed by atoms with E-state index in [2.05, 4.69) is 37.6 Å². The summed E-state index contributed by atoms with van der Waals surface area (Å²) in [6, 6.07) is 6.97. The van der Waals surface area contributed by atoms with E-state index in [9.17, 15) is 4.79 Å². The Labute approximate surface area is 134 Å². The number of carbonyl (C=O) groups excluding carboxylic acids is 1. The van der Waals surface area contributed by atoms with Crippen molar-refractivity contribution in [1.29, 1.82) is 0 Å². The quantitative estimate of drug-likeness (QED) is 0.606. The average Bonchev–Trinajstić information content (AvgIpc) is 2.43. The molecule has 0 radical (unpaired) electrons. The molecule has 3 N–H and O–H groups in total. The number of nitrogens with two attached hydrogens (primary N) is 1. The molecule has 5 nitrogen and oxygen atoms in total. The van der Waals surface area contributed by atoms with Gasteiger partial charge in [0.1, 0.15) is 5.82 Å². The highest BCUT2D eigenvalue weighted by atomic mass is 127. The number of nitrogen functional groups attached to an aromatic ring is 1. The van der Waals surface area contributed by atoms with Gasteiger partial charge < -0.3 is 15.8 Å². The molecular weight excluding hydrogens is 393 g/mol. The molecule has 104 valence electrons. The standard InChI is InChI=1S/C13H11ClIN3O2/c1-20-13(19)8-5-12(17-6-10(8)16)18-11-3-2-7(14)4-9(11)15/h2-6H,16H2,1H3,(H,17,18). The van der Waals surface area contributed by atoms with E-state index in [1.807, 2.05) is 12.1 Å². The van der Waals surface area contributed by atoms with Crippen LogP contribution in [0.25, 0.3) is 0 Å². The molecule has 0 aliphatic rings. The van der Waals surface area contributed by atoms with Gasteiger partial charge in [0.25, 0.3) is 0 Å². The molecule has 1 aromatic carbocycles. The fourth-order valence-corrected chi connectivity index (χ4v) is 2.56. The summed E-state index contributed by atoms with van der Waals surface area (Å²) in [5, 5.41) is 3.76. The number of methoxy groups -OCH3 is 1. The Morgan fingerprint density at radius 2 is 2.20 bits per heavy atom. The van der Waals surface area contributed by atoms with Gasteiger partial charge in [-0.05, 0) is 46.9 Å². The third-order valence-corrected chi connectivity index (χ3v) is 3.66. The number of benzene rings is 1. The third kappa shape index (κ3) is 3.31. The molecule has 0 unspecified atom stereocenters. The number of ether oxygens (including phenoxy) is 1. The van der Waals surface area contributed by atoms with Gasteiger partial charge in [-0.1, -0.05) is 11.6 Å². The van der Waals surface area contributed by atoms with Crippen molar-refractivity contribution < 1.29 is 9.53 Å². The second-order valence-corrected chi connectivity index (χ2v) is 5.50. The third-order valence-electron chi connectivity index (χ3n) is 2.53. The Hall–Kier alpha value is -1.54. The Balaban J connectivity index is 2.32. The van der Waals surface area contributed by atoms with Crippen molar-refractivity contribution in [2.24, 2.45) is 0 Å². The zero-order valence-corrected chi connectivity index (χ0v) is 13.4. The van der Waals surface area contributed by atoms with E-state index in [1.165, 1.54) is 13.3 Å². The van der Waals surface area contributed by atoms with E-state index in [-0.39, 0.29) is 11.3 Å². The molecule has 0 saturated heterocycles. The molecule has 20 heavy (non-hydrogen) atoms. The van der Waals surface area contributed by atoms with Gasteiger partial charge in [0.15, 0.2) is 0 Å². The van der Waals surface area contributed by atoms with Crippen molar-refractivity contribution in [2.45, 2.75) is 0 Å². The molecule has 0 saturated carbocycles. The lowest BCUT2D eigenvalue weighted by Gasteiger charge is -2.10. The van der Waals surface area contributed by atoms with Gasteiger partial charge in [0.05, 0.1) is 30.2 Å². The lowest BCUT2D eigenvalue weighted by Crippen LogP contribution is -2.07. The molecule has 1 aromatic heterocycles. The molecule has 0 spiro atoms. The van der Waals surface area contributed by atoms with E-state index in [1.54, 1.807) is 12.1 Å². The lowest BCUT2D eigenvalue weighted by atomic mass is 10.2. The highest BCUT2D eigenvalue weighted by Gasteiger charge is 2.12. The Bertz CT molecular complexity index is 664. The average molecular weight is 404 g/mol. The molecule has 2 rings (SSSR count). The van der Waals surface area contributed by atoms with E-state index in [4.69, 9.17) is 17.3 Å². The number of halogens is 2. The predicted octanol–water partition coefficient (Wildman–Crippen LogP) is 3.45. The first kappa shape index (κ1) is 14.9. The van der Waals surface area contributed by atoms with Crippen LogP contribution in [0.5, 0.6) is 0 Å². The molecule has 0 amide bonds. The number of rotatable bonds is 3. The zero-order chi connectivity index (χ0) is 14.7. The van der Waals surface area contributed by atoms with Crippen LogP contribution >= 0.6 is 34.2 Å². The lowest BCUT2D eigenvalue weighted by molar-refractivity contribution is 0.0602. The first-order valence-corrected chi connectivity index (χ1v) is 7.03. The number of nitrogens with zero attached hydrogens (tertiary/aromatic N) is 1. The minimum atomic E-state index is -0.501. The Morgan fingerprint density at radius 1 is 1.45 bits per heavy atom. The van der Waals surface area contributed by atoms with Crippen molar-refractivity contribution >= 4 is 57.4 Å². The van der Waals surface area contributed by atoms with Crippen LogP contribution in [-0.2, 0) is 4.74 Å². The molecule has 1 heterocycles. The second-order valence-electron chi connectivity index (χ2n) is 3.90. The number of carbonyl (C=O) groups is 1. The topological polar surface area (TPSA) is 77.2 Å². The summed E-state index contributed by atoms with van der Waals surface area (Å²) in [6.07, 6.45) is 1.41. The van der Waals surface area contributed by atoms with Gasteiger partial charge >= 0.3 is 5.97 Å². The van der Waals surface area contributed by atoms with Crippen LogP contribution in [0.4, 0.5) is 17.2 Å². The van der Waals surface area contributed by atoms with Crippen LogP contribution in [0.3, 0.4) is 0 Å². The molecule has 0 fully saturated rings. The number of anilines is 3. The van der Waals surface area contributed by atoms with E-state index >= 15 is 0 Å². The summed E-state index contributed by atoms with van der Waals surface area (Å²) in [4.78, 5) is 15.7. The number of hydrogen-bond donors (Lipinski definition) is 2. The smallest absolute Gasteiger partial charge is 0.340 e. The number of esters is 1. The van der Waals surface area contributed by atoms with Gasteiger partial charge in [0.2, 0.25) is 0 Å². The zero-order valence-electron chi connectivity index (χ0n) is 10.5. The van der Waals surface area contributed by atoms with Crippen LogP contribution in [0.1, 0.15) is 10.4 Å². The summed E-state index contributed by atoms with van der Waals surface area (Å²) in [6.45, 7) is 0. The minimum absolute atomic E-state index is 0.271. The van der Waals surface area contributed by atoms with E-state index in [0.717, 1.165) is 9.26 Å². The van der Waals surface area contributed by atoms with Crippen LogP contribution in [0.2, 0.25) is 5.02 Å². The van der Waals surface area contributed by atoms with Gasteiger partial charge in [-0.25, -0.2) is 9.78 Å². The van der Waals surface area contributed by atoms with Crippen molar-refractivity contribution in [3.8, 4) is 0 Å². The fraction of sp³-hybridized carbons (Fsp3) is 0.0769. The van der Waals surface area contributed by atoms with Crippen molar-refractivity contribution in [1.82, 2.24) is 4.98 Å². The van der Waals surface area contributed by atoms with Gasteiger partial charge in [-0.15, -0.1) is 0 Å². The van der Waals surface area contributed by atoms with Gasteiger partial charge in [-0.3, -0.25) is 0 Å². The first-order valence-electron chi connectivity index (χ1n) is 5.57. The summed E-state index contributed by atoms with van der Waals surface area (Å²) in [5.41, 5.74) is 7.08. The van der Waals surface area contributed by atoms with Crippen molar-refractivity contribution in [3.63, 3.8) is 0 Å². The SMILES string of the molecule is COC(=O)c1cc(Nc2ccc(Cl)cc2I)ncc1N. The summed E-state index contributed by atoms with van der Waals surface area (Å²) < 4.78 is 5.61. The number of hydrogen-bond acceptors (Lipinski definition) is 5. The van der Waals surface area contributed by atoms with Crippen molar-refractivity contribution in [3.05, 3.63) is 44.6 Å². The van der Waals surface area contributed by atoms with Crippen LogP contribution in [-0.4, -0.2) is 18.1 Å². The Kier molecular flexibility index (Phi) is 4.66. The predicted molar refractivity (Wildman–Crippen MR) is 87.4 cm³/mol. The fourth-order valence-electron chi connectivity index (χ4n) is 1.55. The van der Waals surface area contributed by atoms with E-state index < -0.39 is 5.97 Å². The van der Waals surface area contributed by atoms with Gasteiger partial charge in [0, 0.05) is 8.59 Å². The Morgan fingerprint density at radius 3 is 2.85 bits per heavy atom. The summed E-state index contributed by atoms with van der Waals surface area (Å²) in [7, 11) is 1.30. The molecule has 7 heteroatoms. The highest BCUT2D eigenvalue weighted by molar-refractivity contribution is 14.1. The monoisotopic (exact) mass is 403 g/mol. The maximum Gasteiger partial charge on any atom is 0.340 e.